The van der Waals surface area contributed by atoms with Crippen LogP contribution in [0.1, 0.15) is 40.6 Å². The van der Waals surface area contributed by atoms with Crippen LogP contribution in [-0.2, 0) is 44.9 Å². The highest BCUT2D eigenvalue weighted by atomic mass is 32.1. The van der Waals surface area contributed by atoms with E-state index >= 15 is 0 Å². The Morgan fingerprint density at radius 1 is 1.26 bits per heavy atom. The molecule has 1 aromatic heterocycles. The SMILES string of the molecule is CCOC(=O)Cc1cc2c(s1)CCN(C(=O)[C@H](Cc1ccc([N+](=O)[O-])cc1)NC(=O)C=CC1CCNCC1)C2. The summed E-state index contributed by atoms with van der Waals surface area (Å²) in [6.07, 6.45) is 6.44. The highest BCUT2D eigenvalue weighted by Crippen LogP contribution is 2.29. The zero-order valence-electron chi connectivity index (χ0n) is 22.0. The molecule has 0 aliphatic carbocycles. The van der Waals surface area contributed by atoms with Crippen LogP contribution in [0.15, 0.2) is 42.5 Å². The minimum atomic E-state index is -0.823. The zero-order chi connectivity index (χ0) is 27.8. The number of nitrogens with zero attached hydrogens (tertiary/aromatic N) is 2. The molecule has 2 aliphatic heterocycles. The van der Waals surface area contributed by atoms with Gasteiger partial charge in [-0.2, -0.15) is 0 Å². The van der Waals surface area contributed by atoms with Crippen molar-refractivity contribution in [1.29, 1.82) is 0 Å². The predicted octanol–water partition coefficient (Wildman–Crippen LogP) is 2.93. The van der Waals surface area contributed by atoms with Crippen LogP contribution in [0.5, 0.6) is 0 Å². The van der Waals surface area contributed by atoms with Crippen molar-refractivity contribution in [3.05, 3.63) is 73.5 Å². The summed E-state index contributed by atoms with van der Waals surface area (Å²) in [5.74, 6) is -0.490. The minimum Gasteiger partial charge on any atom is -0.466 e. The zero-order valence-corrected chi connectivity index (χ0v) is 22.8. The fraction of sp³-hybridized carbons (Fsp3) is 0.464. The van der Waals surface area contributed by atoms with Gasteiger partial charge in [0.05, 0.1) is 18.0 Å². The highest BCUT2D eigenvalue weighted by molar-refractivity contribution is 7.12. The lowest BCUT2D eigenvalue weighted by Gasteiger charge is -2.31. The molecule has 1 atom stereocenters. The van der Waals surface area contributed by atoms with Crippen LogP contribution in [0.2, 0.25) is 0 Å². The van der Waals surface area contributed by atoms with Gasteiger partial charge in [0.25, 0.3) is 5.69 Å². The topological polar surface area (TPSA) is 131 Å². The number of hydrogen-bond acceptors (Lipinski definition) is 8. The summed E-state index contributed by atoms with van der Waals surface area (Å²) in [5.41, 5.74) is 1.69. The normalized spacial score (nSPS) is 16.5. The average Bonchev–Trinajstić information content (AvgIpc) is 3.33. The predicted molar refractivity (Wildman–Crippen MR) is 147 cm³/mol. The van der Waals surface area contributed by atoms with Crippen molar-refractivity contribution < 1.29 is 24.0 Å². The van der Waals surface area contributed by atoms with Crippen LogP contribution in [0.4, 0.5) is 5.69 Å². The third kappa shape index (κ3) is 7.96. The van der Waals surface area contributed by atoms with Crippen molar-refractivity contribution in [2.24, 2.45) is 5.92 Å². The number of fused-ring (bicyclic) bond motifs is 1. The lowest BCUT2D eigenvalue weighted by atomic mass is 9.97. The second-order valence-corrected chi connectivity index (χ2v) is 11.0. The van der Waals surface area contributed by atoms with E-state index in [1.165, 1.54) is 18.2 Å². The van der Waals surface area contributed by atoms with Gasteiger partial charge in [-0.1, -0.05) is 18.2 Å². The van der Waals surface area contributed by atoms with Gasteiger partial charge in [0.15, 0.2) is 0 Å². The molecule has 2 aromatic rings. The summed E-state index contributed by atoms with van der Waals surface area (Å²) < 4.78 is 5.06. The number of piperidine rings is 1. The minimum absolute atomic E-state index is 0.0322. The van der Waals surface area contributed by atoms with Gasteiger partial charge in [-0.15, -0.1) is 11.3 Å². The van der Waals surface area contributed by atoms with E-state index in [0.29, 0.717) is 37.6 Å². The molecule has 0 bridgehead atoms. The van der Waals surface area contributed by atoms with Crippen molar-refractivity contribution in [1.82, 2.24) is 15.5 Å². The van der Waals surface area contributed by atoms with Crippen LogP contribution < -0.4 is 10.6 Å². The second-order valence-electron chi connectivity index (χ2n) is 9.79. The van der Waals surface area contributed by atoms with Gasteiger partial charge in [-0.25, -0.2) is 0 Å². The fourth-order valence-corrected chi connectivity index (χ4v) is 6.07. The van der Waals surface area contributed by atoms with E-state index in [-0.39, 0.29) is 36.3 Å². The molecule has 10 nitrogen and oxygen atoms in total. The number of ether oxygens (including phenoxy) is 1. The van der Waals surface area contributed by atoms with Crippen molar-refractivity contribution in [2.75, 3.05) is 26.2 Å². The van der Waals surface area contributed by atoms with E-state index in [4.69, 9.17) is 4.74 Å². The Labute approximate surface area is 231 Å². The number of carbonyl (C=O) groups is 3. The molecule has 0 spiro atoms. The van der Waals surface area contributed by atoms with Crippen molar-refractivity contribution in [2.45, 2.75) is 51.6 Å². The van der Waals surface area contributed by atoms with E-state index in [0.717, 1.165) is 41.2 Å². The number of carbonyl (C=O) groups excluding carboxylic acids is 3. The summed E-state index contributed by atoms with van der Waals surface area (Å²) in [4.78, 5) is 52.8. The monoisotopic (exact) mass is 554 g/mol. The molecule has 11 heteroatoms. The molecule has 208 valence electrons. The van der Waals surface area contributed by atoms with Crippen molar-refractivity contribution >= 4 is 34.8 Å². The Bertz CT molecular complexity index is 1220. The number of rotatable bonds is 10. The summed E-state index contributed by atoms with van der Waals surface area (Å²) >= 11 is 1.57. The Kier molecular flexibility index (Phi) is 9.83. The molecule has 0 radical (unpaired) electrons. The summed E-state index contributed by atoms with van der Waals surface area (Å²) in [6.45, 7) is 4.84. The third-order valence-corrected chi connectivity index (χ3v) is 8.20. The first kappa shape index (κ1) is 28.4. The van der Waals surface area contributed by atoms with Crippen molar-refractivity contribution in [3.63, 3.8) is 0 Å². The van der Waals surface area contributed by atoms with Gasteiger partial charge < -0.3 is 20.3 Å². The van der Waals surface area contributed by atoms with Gasteiger partial charge >= 0.3 is 5.97 Å². The first-order valence-electron chi connectivity index (χ1n) is 13.3. The number of allylic oxidation sites excluding steroid dienone is 1. The number of nitrogens with one attached hydrogen (secondary N) is 2. The van der Waals surface area contributed by atoms with Gasteiger partial charge in [-0.3, -0.25) is 24.5 Å². The Morgan fingerprint density at radius 3 is 2.69 bits per heavy atom. The van der Waals surface area contributed by atoms with Gasteiger partial charge in [0, 0.05) is 41.4 Å². The average molecular weight is 555 g/mol. The summed E-state index contributed by atoms with van der Waals surface area (Å²) in [5, 5.41) is 17.2. The maximum Gasteiger partial charge on any atom is 0.311 e. The number of amides is 2. The fourth-order valence-electron chi connectivity index (χ4n) is 4.91. The number of hydrogen-bond donors (Lipinski definition) is 2. The number of thiophene rings is 1. The van der Waals surface area contributed by atoms with Gasteiger partial charge in [0.2, 0.25) is 11.8 Å². The molecule has 1 aromatic carbocycles. The maximum absolute atomic E-state index is 13.7. The molecule has 4 rings (SSSR count). The third-order valence-electron chi connectivity index (χ3n) is 6.96. The van der Waals surface area contributed by atoms with E-state index in [1.807, 2.05) is 12.1 Å². The second kappa shape index (κ2) is 13.5. The number of nitro benzene ring substituents is 1. The van der Waals surface area contributed by atoms with E-state index in [1.54, 1.807) is 35.3 Å². The lowest BCUT2D eigenvalue weighted by Crippen LogP contribution is -2.50. The quantitative estimate of drug-likeness (QED) is 0.200. The van der Waals surface area contributed by atoms with E-state index in [9.17, 15) is 24.5 Å². The van der Waals surface area contributed by atoms with Crippen molar-refractivity contribution in [3.8, 4) is 0 Å². The van der Waals surface area contributed by atoms with Gasteiger partial charge in [0.1, 0.15) is 6.04 Å². The largest absolute Gasteiger partial charge is 0.466 e. The molecular formula is C28H34N4O6S. The molecule has 1 fully saturated rings. The molecule has 2 amide bonds. The Balaban J connectivity index is 1.46. The Morgan fingerprint density at radius 2 is 2.00 bits per heavy atom. The van der Waals surface area contributed by atoms with Crippen LogP contribution >= 0.6 is 11.3 Å². The summed E-state index contributed by atoms with van der Waals surface area (Å²) in [6, 6.07) is 7.17. The summed E-state index contributed by atoms with van der Waals surface area (Å²) in [7, 11) is 0. The number of nitro groups is 1. The van der Waals surface area contributed by atoms with Crippen LogP contribution in [0.25, 0.3) is 0 Å². The van der Waals surface area contributed by atoms with E-state index < -0.39 is 11.0 Å². The molecule has 0 unspecified atom stereocenters. The number of esters is 1. The van der Waals surface area contributed by atoms with E-state index in [2.05, 4.69) is 10.6 Å². The standard InChI is InChI=1S/C28H34N4O6S/c1-2-38-27(34)17-23-16-21-18-31(14-11-25(21)39-23)28(35)24(15-20-3-6-22(7-4-20)32(36)37)30-26(33)8-5-19-9-12-29-13-10-19/h3-8,16,19,24,29H,2,9-15,17-18H2,1H3,(H,30,33)/t24-/m0/s1. The lowest BCUT2D eigenvalue weighted by molar-refractivity contribution is -0.384. The molecule has 1 saturated heterocycles. The molecule has 39 heavy (non-hydrogen) atoms. The van der Waals surface area contributed by atoms with Gasteiger partial charge in [-0.05, 0) is 68.5 Å². The van der Waals surface area contributed by atoms with Crippen LogP contribution in [-0.4, -0.2) is 59.9 Å². The molecular weight excluding hydrogens is 520 g/mol. The molecule has 0 saturated carbocycles. The number of non-ortho nitro benzene ring substituents is 1. The van der Waals surface area contributed by atoms with Crippen LogP contribution in [0.3, 0.4) is 0 Å². The molecule has 2 aliphatic rings. The Hall–Kier alpha value is -3.57. The maximum atomic E-state index is 13.7. The number of benzene rings is 1. The highest BCUT2D eigenvalue weighted by Gasteiger charge is 2.30. The smallest absolute Gasteiger partial charge is 0.311 e. The molecule has 2 N–H and O–H groups in total. The van der Waals surface area contributed by atoms with Crippen LogP contribution in [0, 0.1) is 16.0 Å². The first-order valence-corrected chi connectivity index (χ1v) is 14.1. The molecule has 3 heterocycles. The first-order chi connectivity index (χ1) is 18.8.